The number of hydrogen-bond acceptors (Lipinski definition) is 3. The zero-order valence-corrected chi connectivity index (χ0v) is 9.41. The molecule has 1 aromatic carbocycles. The van der Waals surface area contributed by atoms with E-state index >= 15 is 0 Å². The summed E-state index contributed by atoms with van der Waals surface area (Å²) in [6, 6.07) is 7.86. The maximum atomic E-state index is 5.73. The van der Waals surface area contributed by atoms with E-state index in [1.165, 1.54) is 5.56 Å². The van der Waals surface area contributed by atoms with E-state index in [0.717, 1.165) is 10.8 Å². The van der Waals surface area contributed by atoms with Crippen molar-refractivity contribution in [2.75, 3.05) is 11.5 Å². The van der Waals surface area contributed by atoms with Crippen molar-refractivity contribution in [2.24, 2.45) is 0 Å². The Morgan fingerprint density at radius 1 is 1.07 bits per heavy atom. The molecule has 0 aliphatic heterocycles. The Hall–Kier alpha value is -1.77. The summed E-state index contributed by atoms with van der Waals surface area (Å²) in [5, 5.41) is 2.00. The van der Waals surface area contributed by atoms with E-state index in [4.69, 9.17) is 11.5 Å². The van der Waals surface area contributed by atoms with Crippen LogP contribution in [0.15, 0.2) is 24.3 Å². The molecule has 1 heterocycles. The lowest BCUT2D eigenvalue weighted by molar-refractivity contribution is 1.37. The molecule has 0 radical (unpaired) electrons. The van der Waals surface area contributed by atoms with Crippen LogP contribution in [0.5, 0.6) is 0 Å². The largest absolute Gasteiger partial charge is 0.384 e. The number of aromatic nitrogens is 1. The van der Waals surface area contributed by atoms with Gasteiger partial charge in [-0.1, -0.05) is 31.5 Å². The van der Waals surface area contributed by atoms with Gasteiger partial charge in [-0.25, -0.2) is 4.98 Å². The minimum absolute atomic E-state index is 0.467. The molecule has 4 N–H and O–H groups in total. The molecule has 0 amide bonds. The van der Waals surface area contributed by atoms with Crippen LogP contribution in [0.2, 0.25) is 0 Å². The molecular formula is C12H17N3. The number of anilines is 2. The molecule has 80 valence electrons. The summed E-state index contributed by atoms with van der Waals surface area (Å²) in [6.45, 7) is 6.02. The Kier molecular flexibility index (Phi) is 3.50. The van der Waals surface area contributed by atoms with Crippen LogP contribution < -0.4 is 11.5 Å². The number of hydrogen-bond donors (Lipinski definition) is 2. The molecule has 0 saturated carbocycles. The summed E-state index contributed by atoms with van der Waals surface area (Å²) in [6.07, 6.45) is 0. The predicted octanol–water partition coefficient (Wildman–Crippen LogP) is 2.73. The van der Waals surface area contributed by atoms with Gasteiger partial charge in [-0.3, -0.25) is 0 Å². The Morgan fingerprint density at radius 3 is 2.40 bits per heavy atom. The molecule has 2 aromatic rings. The lowest BCUT2D eigenvalue weighted by atomic mass is 10.1. The molecule has 1 aromatic heterocycles. The number of nitrogens with zero attached hydrogens (tertiary/aromatic N) is 1. The first kappa shape index (κ1) is 11.3. The standard InChI is InChI=1S/C10H11N3.C2H6/c1-6-2-3-7-5-9(11)13-10(12)8(7)4-6;1-2/h2-5H,1H3,(H4,11,12,13);1-2H3. The van der Waals surface area contributed by atoms with Gasteiger partial charge in [0.05, 0.1) is 0 Å². The number of rotatable bonds is 0. The van der Waals surface area contributed by atoms with E-state index in [9.17, 15) is 0 Å². The number of fused-ring (bicyclic) bond motifs is 1. The first-order valence-electron chi connectivity index (χ1n) is 5.09. The van der Waals surface area contributed by atoms with Gasteiger partial charge in [0.2, 0.25) is 0 Å². The quantitative estimate of drug-likeness (QED) is 0.692. The number of nitrogen functional groups attached to an aromatic ring is 2. The fraction of sp³-hybridized carbons (Fsp3) is 0.250. The van der Waals surface area contributed by atoms with Gasteiger partial charge < -0.3 is 11.5 Å². The summed E-state index contributed by atoms with van der Waals surface area (Å²) in [7, 11) is 0. The van der Waals surface area contributed by atoms with Gasteiger partial charge in [0.15, 0.2) is 0 Å². The molecule has 0 aliphatic rings. The van der Waals surface area contributed by atoms with Gasteiger partial charge in [0, 0.05) is 5.39 Å². The molecule has 0 bridgehead atoms. The molecule has 0 fully saturated rings. The van der Waals surface area contributed by atoms with Gasteiger partial charge in [-0.2, -0.15) is 0 Å². The van der Waals surface area contributed by atoms with Crippen molar-refractivity contribution in [3.8, 4) is 0 Å². The maximum Gasteiger partial charge on any atom is 0.133 e. The Morgan fingerprint density at radius 2 is 1.73 bits per heavy atom. The lowest BCUT2D eigenvalue weighted by Crippen LogP contribution is -1.96. The molecule has 3 nitrogen and oxygen atoms in total. The summed E-state index contributed by atoms with van der Waals surface area (Å²) >= 11 is 0. The molecule has 15 heavy (non-hydrogen) atoms. The second-order valence-electron chi connectivity index (χ2n) is 3.16. The number of aryl methyl sites for hydroxylation is 1. The van der Waals surface area contributed by atoms with E-state index < -0.39 is 0 Å². The van der Waals surface area contributed by atoms with Crippen LogP contribution >= 0.6 is 0 Å². The second kappa shape index (κ2) is 4.64. The van der Waals surface area contributed by atoms with E-state index in [0.29, 0.717) is 11.6 Å². The van der Waals surface area contributed by atoms with Crippen LogP contribution in [0.3, 0.4) is 0 Å². The normalized spacial score (nSPS) is 9.53. The third-order valence-corrected chi connectivity index (χ3v) is 2.04. The van der Waals surface area contributed by atoms with E-state index in [2.05, 4.69) is 4.98 Å². The number of pyridine rings is 1. The average molecular weight is 203 g/mol. The summed E-state index contributed by atoms with van der Waals surface area (Å²) in [4.78, 5) is 4.00. The zero-order chi connectivity index (χ0) is 11.4. The molecule has 3 heteroatoms. The van der Waals surface area contributed by atoms with E-state index in [1.807, 2.05) is 45.0 Å². The van der Waals surface area contributed by atoms with Crippen molar-refractivity contribution in [3.63, 3.8) is 0 Å². The fourth-order valence-corrected chi connectivity index (χ4v) is 1.41. The first-order valence-corrected chi connectivity index (χ1v) is 5.09. The van der Waals surface area contributed by atoms with Crippen molar-refractivity contribution < 1.29 is 0 Å². The van der Waals surface area contributed by atoms with Crippen molar-refractivity contribution >= 4 is 22.4 Å². The highest BCUT2D eigenvalue weighted by Gasteiger charge is 2.00. The molecule has 0 saturated heterocycles. The van der Waals surface area contributed by atoms with Crippen LogP contribution in [0, 0.1) is 6.92 Å². The van der Waals surface area contributed by atoms with Crippen LogP contribution in [-0.4, -0.2) is 4.98 Å². The first-order chi connectivity index (χ1) is 7.16. The van der Waals surface area contributed by atoms with E-state index in [-0.39, 0.29) is 0 Å². The highest BCUT2D eigenvalue weighted by Crippen LogP contribution is 2.22. The highest BCUT2D eigenvalue weighted by atomic mass is 14.9. The minimum Gasteiger partial charge on any atom is -0.384 e. The van der Waals surface area contributed by atoms with Gasteiger partial charge in [0.25, 0.3) is 0 Å². The monoisotopic (exact) mass is 203 g/mol. The van der Waals surface area contributed by atoms with Crippen molar-refractivity contribution in [1.82, 2.24) is 4.98 Å². The van der Waals surface area contributed by atoms with Gasteiger partial charge in [0.1, 0.15) is 11.6 Å². The lowest BCUT2D eigenvalue weighted by Gasteiger charge is -2.03. The molecule has 2 rings (SSSR count). The van der Waals surface area contributed by atoms with Crippen LogP contribution in [0.1, 0.15) is 19.4 Å². The smallest absolute Gasteiger partial charge is 0.133 e. The van der Waals surface area contributed by atoms with Crippen LogP contribution in [-0.2, 0) is 0 Å². The Balaban J connectivity index is 0.000000531. The van der Waals surface area contributed by atoms with Crippen molar-refractivity contribution in [1.29, 1.82) is 0 Å². The third kappa shape index (κ3) is 2.37. The summed E-state index contributed by atoms with van der Waals surface area (Å²) in [5.41, 5.74) is 12.5. The second-order valence-corrected chi connectivity index (χ2v) is 3.16. The highest BCUT2D eigenvalue weighted by molar-refractivity contribution is 5.93. The zero-order valence-electron chi connectivity index (χ0n) is 9.41. The van der Waals surface area contributed by atoms with Gasteiger partial charge in [-0.05, 0) is 24.4 Å². The van der Waals surface area contributed by atoms with Crippen LogP contribution in [0.4, 0.5) is 11.6 Å². The maximum absolute atomic E-state index is 5.73. The molecule has 0 unspecified atom stereocenters. The molecule has 0 atom stereocenters. The van der Waals surface area contributed by atoms with E-state index in [1.54, 1.807) is 0 Å². The van der Waals surface area contributed by atoms with Gasteiger partial charge in [-0.15, -0.1) is 0 Å². The SMILES string of the molecule is CC.Cc1ccc2cc(N)nc(N)c2c1. The molecule has 0 aliphatic carbocycles. The van der Waals surface area contributed by atoms with Crippen LogP contribution in [0.25, 0.3) is 10.8 Å². The predicted molar refractivity (Wildman–Crippen MR) is 66.7 cm³/mol. The summed E-state index contributed by atoms with van der Waals surface area (Å²) < 4.78 is 0. The third-order valence-electron chi connectivity index (χ3n) is 2.04. The van der Waals surface area contributed by atoms with Crippen molar-refractivity contribution in [2.45, 2.75) is 20.8 Å². The summed E-state index contributed by atoms with van der Waals surface area (Å²) in [5.74, 6) is 0.965. The fourth-order valence-electron chi connectivity index (χ4n) is 1.41. The topological polar surface area (TPSA) is 64.9 Å². The van der Waals surface area contributed by atoms with Crippen molar-refractivity contribution in [3.05, 3.63) is 29.8 Å². The van der Waals surface area contributed by atoms with Gasteiger partial charge >= 0.3 is 0 Å². The number of benzene rings is 1. The minimum atomic E-state index is 0.467. The molecular weight excluding hydrogens is 186 g/mol. The Labute approximate surface area is 90.1 Å². The Bertz CT molecular complexity index is 464. The molecule has 0 spiro atoms. The average Bonchev–Trinajstić information content (AvgIpc) is 2.22. The number of nitrogens with two attached hydrogens (primary N) is 2.